The second kappa shape index (κ2) is 6.81. The Kier molecular flexibility index (Phi) is 4.79. The average Bonchev–Trinajstić information content (AvgIpc) is 2.57. The minimum Gasteiger partial charge on any atom is -0.354 e. The lowest BCUT2D eigenvalue weighted by atomic mass is 9.85. The fraction of sp³-hybridized carbons (Fsp3) is 0.706. The summed E-state index contributed by atoms with van der Waals surface area (Å²) in [7, 11) is 0. The van der Waals surface area contributed by atoms with Crippen LogP contribution in [0.5, 0.6) is 0 Å². The third-order valence-electron chi connectivity index (χ3n) is 5.13. The Morgan fingerprint density at radius 3 is 2.83 bits per heavy atom. The molecule has 3 rings (SSSR count). The van der Waals surface area contributed by atoms with Crippen molar-refractivity contribution in [1.82, 2.24) is 15.3 Å². The van der Waals surface area contributed by atoms with Crippen molar-refractivity contribution in [3.8, 4) is 6.07 Å². The number of hydrogen-bond acceptors (Lipinski definition) is 6. The molecule has 1 saturated carbocycles. The van der Waals surface area contributed by atoms with E-state index in [0.717, 1.165) is 38.2 Å². The van der Waals surface area contributed by atoms with Gasteiger partial charge in [-0.25, -0.2) is 9.97 Å². The molecule has 23 heavy (non-hydrogen) atoms. The first-order valence-corrected chi connectivity index (χ1v) is 8.60. The molecule has 6 heteroatoms. The van der Waals surface area contributed by atoms with E-state index in [9.17, 15) is 0 Å². The summed E-state index contributed by atoms with van der Waals surface area (Å²) in [5.41, 5.74) is 6.71. The summed E-state index contributed by atoms with van der Waals surface area (Å²) < 4.78 is 0. The number of nitrogens with zero attached hydrogens (tertiary/aromatic N) is 4. The van der Waals surface area contributed by atoms with Crippen molar-refractivity contribution in [3.05, 3.63) is 18.1 Å². The van der Waals surface area contributed by atoms with E-state index in [-0.39, 0.29) is 11.6 Å². The molecule has 2 fully saturated rings. The number of anilines is 1. The van der Waals surface area contributed by atoms with Crippen LogP contribution in [0.15, 0.2) is 12.4 Å². The predicted octanol–water partition coefficient (Wildman–Crippen LogP) is 1.57. The van der Waals surface area contributed by atoms with Gasteiger partial charge in [-0.2, -0.15) is 5.26 Å². The zero-order chi connectivity index (χ0) is 16.3. The molecule has 0 aromatic carbocycles. The Morgan fingerprint density at radius 2 is 2.13 bits per heavy atom. The SMILES string of the molecule is C[C@]1(NC2CCCC[C@H]2N)CCCN(c2cnc(C#N)cn2)C1. The molecular formula is C17H26N6. The van der Waals surface area contributed by atoms with Crippen LogP contribution in [-0.2, 0) is 0 Å². The summed E-state index contributed by atoms with van der Waals surface area (Å²) in [6.07, 6.45) is 10.3. The standard InChI is InChI=1S/C17H26N6/c1-17(22-15-6-3-2-5-14(15)19)7-4-8-23(12-17)16-11-20-13(9-18)10-21-16/h10-11,14-15,22H,2-8,12,19H2,1H3/t14-,15?,17+/m1/s1. The van der Waals surface area contributed by atoms with Crippen LogP contribution in [0.2, 0.25) is 0 Å². The van der Waals surface area contributed by atoms with Crippen LogP contribution in [0.25, 0.3) is 0 Å². The summed E-state index contributed by atoms with van der Waals surface area (Å²) in [5, 5.41) is 12.7. The first kappa shape index (κ1) is 16.2. The van der Waals surface area contributed by atoms with E-state index in [2.05, 4.69) is 27.1 Å². The molecule has 0 radical (unpaired) electrons. The fourth-order valence-electron chi connectivity index (χ4n) is 3.88. The van der Waals surface area contributed by atoms with Gasteiger partial charge in [0.15, 0.2) is 5.69 Å². The maximum Gasteiger partial charge on any atom is 0.158 e. The van der Waals surface area contributed by atoms with Crippen LogP contribution in [0.3, 0.4) is 0 Å². The summed E-state index contributed by atoms with van der Waals surface area (Å²) in [6.45, 7) is 4.17. The molecule has 0 spiro atoms. The first-order valence-electron chi connectivity index (χ1n) is 8.60. The number of hydrogen-bond donors (Lipinski definition) is 2. The van der Waals surface area contributed by atoms with E-state index in [1.165, 1.54) is 19.3 Å². The lowest BCUT2D eigenvalue weighted by Gasteiger charge is -2.45. The monoisotopic (exact) mass is 314 g/mol. The van der Waals surface area contributed by atoms with Crippen molar-refractivity contribution in [2.45, 2.75) is 63.1 Å². The van der Waals surface area contributed by atoms with Gasteiger partial charge in [0, 0.05) is 30.7 Å². The van der Waals surface area contributed by atoms with Gasteiger partial charge in [-0.05, 0) is 32.6 Å². The third kappa shape index (κ3) is 3.80. The van der Waals surface area contributed by atoms with E-state index in [1.807, 2.05) is 6.07 Å². The predicted molar refractivity (Wildman–Crippen MR) is 90.0 cm³/mol. The van der Waals surface area contributed by atoms with Crippen LogP contribution in [0.4, 0.5) is 5.82 Å². The first-order chi connectivity index (χ1) is 11.1. The van der Waals surface area contributed by atoms with Crippen molar-refractivity contribution in [1.29, 1.82) is 5.26 Å². The van der Waals surface area contributed by atoms with Crippen LogP contribution >= 0.6 is 0 Å². The van der Waals surface area contributed by atoms with Crippen LogP contribution in [0.1, 0.15) is 51.1 Å². The Hall–Kier alpha value is -1.71. The van der Waals surface area contributed by atoms with E-state index in [4.69, 9.17) is 11.0 Å². The van der Waals surface area contributed by atoms with Gasteiger partial charge in [0.2, 0.25) is 0 Å². The number of rotatable bonds is 3. The Labute approximate surface area is 138 Å². The molecule has 1 unspecified atom stereocenters. The molecule has 2 aliphatic rings. The highest BCUT2D eigenvalue weighted by atomic mass is 15.2. The van der Waals surface area contributed by atoms with Gasteiger partial charge in [-0.3, -0.25) is 0 Å². The maximum atomic E-state index is 8.84. The molecule has 2 heterocycles. The average molecular weight is 314 g/mol. The summed E-state index contributed by atoms with van der Waals surface area (Å²) >= 11 is 0. The number of nitrogens with one attached hydrogen (secondary N) is 1. The highest BCUT2D eigenvalue weighted by Crippen LogP contribution is 2.27. The van der Waals surface area contributed by atoms with Crippen molar-refractivity contribution in [2.75, 3.05) is 18.0 Å². The van der Waals surface area contributed by atoms with Gasteiger partial charge < -0.3 is 16.0 Å². The number of nitriles is 1. The maximum absolute atomic E-state index is 8.84. The van der Waals surface area contributed by atoms with Gasteiger partial charge in [-0.15, -0.1) is 0 Å². The normalized spacial score (nSPS) is 31.6. The van der Waals surface area contributed by atoms with Gasteiger partial charge in [0.1, 0.15) is 11.9 Å². The van der Waals surface area contributed by atoms with Crippen LogP contribution in [0, 0.1) is 11.3 Å². The highest BCUT2D eigenvalue weighted by molar-refractivity contribution is 5.38. The van der Waals surface area contributed by atoms with Crippen LogP contribution < -0.4 is 16.0 Å². The van der Waals surface area contributed by atoms with Crippen molar-refractivity contribution in [2.24, 2.45) is 5.73 Å². The molecule has 6 nitrogen and oxygen atoms in total. The molecule has 3 N–H and O–H groups in total. The van der Waals surface area contributed by atoms with Crippen molar-refractivity contribution >= 4 is 5.82 Å². The van der Waals surface area contributed by atoms with E-state index in [0.29, 0.717) is 11.7 Å². The smallest absolute Gasteiger partial charge is 0.158 e. The van der Waals surface area contributed by atoms with Crippen molar-refractivity contribution < 1.29 is 0 Å². The largest absolute Gasteiger partial charge is 0.354 e. The zero-order valence-electron chi connectivity index (χ0n) is 13.8. The molecule has 0 bridgehead atoms. The molecule has 1 aromatic heterocycles. The molecule has 1 aromatic rings. The van der Waals surface area contributed by atoms with Gasteiger partial charge in [0.25, 0.3) is 0 Å². The highest BCUT2D eigenvalue weighted by Gasteiger charge is 2.35. The second-order valence-corrected chi connectivity index (χ2v) is 7.16. The topological polar surface area (TPSA) is 90.9 Å². The minimum absolute atomic E-state index is 0.0491. The minimum atomic E-state index is 0.0491. The molecule has 0 amide bonds. The summed E-state index contributed by atoms with van der Waals surface area (Å²) in [4.78, 5) is 10.8. The van der Waals surface area contributed by atoms with Gasteiger partial charge in [-0.1, -0.05) is 12.8 Å². The summed E-state index contributed by atoms with van der Waals surface area (Å²) in [6, 6.07) is 2.70. The molecular weight excluding hydrogens is 288 g/mol. The second-order valence-electron chi connectivity index (χ2n) is 7.16. The molecule has 1 saturated heterocycles. The van der Waals surface area contributed by atoms with Gasteiger partial charge in [0.05, 0.1) is 12.4 Å². The summed E-state index contributed by atoms with van der Waals surface area (Å²) in [5.74, 6) is 0.852. The zero-order valence-corrected chi connectivity index (χ0v) is 13.8. The Balaban J connectivity index is 1.67. The number of aromatic nitrogens is 2. The molecule has 124 valence electrons. The third-order valence-corrected chi connectivity index (χ3v) is 5.13. The number of nitrogens with two attached hydrogens (primary N) is 1. The van der Waals surface area contributed by atoms with Gasteiger partial charge >= 0.3 is 0 Å². The Bertz CT molecular complexity index is 565. The van der Waals surface area contributed by atoms with E-state index in [1.54, 1.807) is 12.4 Å². The molecule has 1 aliphatic carbocycles. The van der Waals surface area contributed by atoms with E-state index < -0.39 is 0 Å². The lowest BCUT2D eigenvalue weighted by molar-refractivity contribution is 0.216. The van der Waals surface area contributed by atoms with E-state index >= 15 is 0 Å². The van der Waals surface area contributed by atoms with Crippen molar-refractivity contribution in [3.63, 3.8) is 0 Å². The fourth-order valence-corrected chi connectivity index (χ4v) is 3.88. The quantitative estimate of drug-likeness (QED) is 0.880. The Morgan fingerprint density at radius 1 is 1.30 bits per heavy atom. The molecule has 3 atom stereocenters. The molecule has 1 aliphatic heterocycles. The van der Waals surface area contributed by atoms with Crippen LogP contribution in [-0.4, -0.2) is 40.7 Å². The number of piperidine rings is 1. The lowest BCUT2D eigenvalue weighted by Crippen LogP contribution is -2.62.